The number of rotatable bonds is 4. The van der Waals surface area contributed by atoms with Crippen LogP contribution in [0.5, 0.6) is 0 Å². The van der Waals surface area contributed by atoms with E-state index in [0.29, 0.717) is 5.56 Å². The number of nitro benzene ring substituents is 1. The third kappa shape index (κ3) is 2.73. The number of furan rings is 1. The normalized spacial score (nSPS) is 10.0. The van der Waals surface area contributed by atoms with Crippen LogP contribution in [0.25, 0.3) is 0 Å². The Morgan fingerprint density at radius 3 is 2.83 bits per heavy atom. The van der Waals surface area contributed by atoms with E-state index in [1.54, 1.807) is 12.1 Å². The van der Waals surface area contributed by atoms with E-state index in [1.165, 1.54) is 30.5 Å². The Morgan fingerprint density at radius 2 is 2.17 bits per heavy atom. The lowest BCUT2D eigenvalue weighted by Crippen LogP contribution is -2.04. The van der Waals surface area contributed by atoms with Gasteiger partial charge in [0.1, 0.15) is 6.61 Å². The molecule has 6 nitrogen and oxygen atoms in total. The minimum Gasteiger partial charge on any atom is -0.457 e. The van der Waals surface area contributed by atoms with Crippen LogP contribution in [0.1, 0.15) is 16.1 Å². The van der Waals surface area contributed by atoms with Gasteiger partial charge in [0.05, 0.1) is 11.2 Å². The van der Waals surface area contributed by atoms with Gasteiger partial charge in [-0.3, -0.25) is 10.1 Å². The Labute approximate surface area is 102 Å². The highest BCUT2D eigenvalue weighted by molar-refractivity contribution is 5.86. The van der Waals surface area contributed by atoms with E-state index in [4.69, 9.17) is 9.15 Å². The van der Waals surface area contributed by atoms with Gasteiger partial charge in [0.2, 0.25) is 5.76 Å². The summed E-state index contributed by atoms with van der Waals surface area (Å²) in [6.45, 7) is -0.0405. The first-order chi connectivity index (χ1) is 8.66. The molecule has 0 unspecified atom stereocenters. The molecule has 0 bridgehead atoms. The van der Waals surface area contributed by atoms with Crippen molar-refractivity contribution in [1.82, 2.24) is 0 Å². The highest BCUT2D eigenvalue weighted by Crippen LogP contribution is 2.14. The Balaban J connectivity index is 2.00. The zero-order valence-corrected chi connectivity index (χ0v) is 9.24. The number of nitro groups is 1. The zero-order valence-electron chi connectivity index (χ0n) is 9.24. The van der Waals surface area contributed by atoms with E-state index in [2.05, 4.69) is 0 Å². The van der Waals surface area contributed by atoms with E-state index in [0.717, 1.165) is 0 Å². The average Bonchev–Trinajstić information content (AvgIpc) is 2.90. The molecule has 0 aliphatic rings. The van der Waals surface area contributed by atoms with Crippen LogP contribution in [0.3, 0.4) is 0 Å². The van der Waals surface area contributed by atoms with Gasteiger partial charge < -0.3 is 9.15 Å². The van der Waals surface area contributed by atoms with E-state index in [1.807, 2.05) is 0 Å². The fraction of sp³-hybridized carbons (Fsp3) is 0.0833. The number of hydrogen-bond donors (Lipinski definition) is 0. The van der Waals surface area contributed by atoms with Crippen LogP contribution in [-0.2, 0) is 11.3 Å². The Bertz CT molecular complexity index is 562. The van der Waals surface area contributed by atoms with Gasteiger partial charge in [-0.15, -0.1) is 0 Å². The lowest BCUT2D eigenvalue weighted by Gasteiger charge is -2.02. The summed E-state index contributed by atoms with van der Waals surface area (Å²) in [5.74, 6) is -0.507. The fourth-order valence-corrected chi connectivity index (χ4v) is 1.37. The molecule has 1 aromatic heterocycles. The molecule has 0 spiro atoms. The lowest BCUT2D eigenvalue weighted by atomic mass is 10.2. The zero-order chi connectivity index (χ0) is 13.0. The van der Waals surface area contributed by atoms with Crippen LogP contribution >= 0.6 is 0 Å². The van der Waals surface area contributed by atoms with Gasteiger partial charge in [-0.25, -0.2) is 4.79 Å². The summed E-state index contributed by atoms with van der Waals surface area (Å²) in [6.07, 6.45) is 1.37. The number of ether oxygens (including phenoxy) is 1. The smallest absolute Gasteiger partial charge is 0.374 e. The molecule has 0 atom stereocenters. The van der Waals surface area contributed by atoms with Crippen molar-refractivity contribution in [3.05, 3.63) is 64.1 Å². The molecule has 2 aromatic rings. The van der Waals surface area contributed by atoms with Crippen LogP contribution in [0.4, 0.5) is 5.69 Å². The average molecular weight is 247 g/mol. The molecule has 1 heterocycles. The van der Waals surface area contributed by atoms with E-state index >= 15 is 0 Å². The molecule has 92 valence electrons. The maximum absolute atomic E-state index is 11.4. The molecule has 1 aromatic carbocycles. The molecule has 0 amide bonds. The highest BCUT2D eigenvalue weighted by atomic mass is 16.6. The number of non-ortho nitro benzene ring substituents is 1. The summed E-state index contributed by atoms with van der Waals surface area (Å²) in [6, 6.07) is 8.96. The summed E-state index contributed by atoms with van der Waals surface area (Å²) in [4.78, 5) is 21.5. The predicted molar refractivity (Wildman–Crippen MR) is 60.9 cm³/mol. The maximum atomic E-state index is 11.4. The minimum absolute atomic E-state index is 0.0402. The predicted octanol–water partition coefficient (Wildman–Crippen LogP) is 2.54. The van der Waals surface area contributed by atoms with Gasteiger partial charge in [0.25, 0.3) is 5.69 Å². The van der Waals surface area contributed by atoms with Crippen LogP contribution in [0.2, 0.25) is 0 Å². The van der Waals surface area contributed by atoms with Crippen LogP contribution < -0.4 is 0 Å². The molecule has 0 radical (unpaired) electrons. The summed E-state index contributed by atoms with van der Waals surface area (Å²) in [5, 5.41) is 10.6. The molecule has 0 fully saturated rings. The first kappa shape index (κ1) is 11.8. The SMILES string of the molecule is O=C(OCc1cccc([N+](=O)[O-])c1)c1ccco1. The van der Waals surface area contributed by atoms with Crippen LogP contribution in [0.15, 0.2) is 47.1 Å². The van der Waals surface area contributed by atoms with Gasteiger partial charge in [0, 0.05) is 12.1 Å². The Kier molecular flexibility index (Phi) is 3.38. The second-order valence-electron chi connectivity index (χ2n) is 3.48. The lowest BCUT2D eigenvalue weighted by molar-refractivity contribution is -0.384. The molecule has 6 heteroatoms. The van der Waals surface area contributed by atoms with Crippen molar-refractivity contribution in [2.24, 2.45) is 0 Å². The first-order valence-electron chi connectivity index (χ1n) is 5.11. The monoisotopic (exact) mass is 247 g/mol. The Morgan fingerprint density at radius 1 is 1.33 bits per heavy atom. The number of carbonyl (C=O) groups excluding carboxylic acids is 1. The second kappa shape index (κ2) is 5.13. The van der Waals surface area contributed by atoms with Gasteiger partial charge in [-0.05, 0) is 17.7 Å². The minimum atomic E-state index is -0.605. The molecule has 0 N–H and O–H groups in total. The molecule has 2 rings (SSSR count). The van der Waals surface area contributed by atoms with Gasteiger partial charge in [0.15, 0.2) is 0 Å². The molecular weight excluding hydrogens is 238 g/mol. The highest BCUT2D eigenvalue weighted by Gasteiger charge is 2.11. The van der Waals surface area contributed by atoms with Crippen LogP contribution in [-0.4, -0.2) is 10.9 Å². The largest absolute Gasteiger partial charge is 0.457 e. The van der Waals surface area contributed by atoms with Crippen molar-refractivity contribution in [2.45, 2.75) is 6.61 Å². The maximum Gasteiger partial charge on any atom is 0.374 e. The molecule has 0 saturated carbocycles. The summed E-state index contributed by atoms with van der Waals surface area (Å²) < 4.78 is 9.81. The summed E-state index contributed by atoms with van der Waals surface area (Å²) in [7, 11) is 0. The van der Waals surface area contributed by atoms with Gasteiger partial charge in [-0.2, -0.15) is 0 Å². The number of nitrogens with zero attached hydrogens (tertiary/aromatic N) is 1. The molecule has 18 heavy (non-hydrogen) atoms. The third-order valence-corrected chi connectivity index (χ3v) is 2.21. The standard InChI is InChI=1S/C12H9NO5/c14-12(11-5-2-6-17-11)18-8-9-3-1-4-10(7-9)13(15)16/h1-7H,8H2. The third-order valence-electron chi connectivity index (χ3n) is 2.21. The molecular formula is C12H9NO5. The van der Waals surface area contributed by atoms with Crippen molar-refractivity contribution in [1.29, 1.82) is 0 Å². The quantitative estimate of drug-likeness (QED) is 0.471. The van der Waals surface area contributed by atoms with Gasteiger partial charge >= 0.3 is 5.97 Å². The Hall–Kier alpha value is -2.63. The molecule has 0 aliphatic heterocycles. The van der Waals surface area contributed by atoms with E-state index in [9.17, 15) is 14.9 Å². The summed E-state index contributed by atoms with van der Waals surface area (Å²) in [5.41, 5.74) is 0.505. The second-order valence-corrected chi connectivity index (χ2v) is 3.48. The number of hydrogen-bond acceptors (Lipinski definition) is 5. The molecule has 0 aliphatic carbocycles. The first-order valence-corrected chi connectivity index (χ1v) is 5.11. The molecule has 0 saturated heterocycles. The number of carbonyl (C=O) groups is 1. The van der Waals surface area contributed by atoms with E-state index < -0.39 is 10.9 Å². The van der Waals surface area contributed by atoms with E-state index in [-0.39, 0.29) is 18.1 Å². The summed E-state index contributed by atoms with van der Waals surface area (Å²) >= 11 is 0. The van der Waals surface area contributed by atoms with Gasteiger partial charge in [-0.1, -0.05) is 12.1 Å². The van der Waals surface area contributed by atoms with Crippen LogP contribution in [0, 0.1) is 10.1 Å². The van der Waals surface area contributed by atoms with Crippen molar-refractivity contribution < 1.29 is 18.9 Å². The number of benzene rings is 1. The number of esters is 1. The van der Waals surface area contributed by atoms with Crippen molar-refractivity contribution >= 4 is 11.7 Å². The fourth-order valence-electron chi connectivity index (χ4n) is 1.37. The van der Waals surface area contributed by atoms with Crippen molar-refractivity contribution in [2.75, 3.05) is 0 Å². The van der Waals surface area contributed by atoms with Crippen molar-refractivity contribution in [3.8, 4) is 0 Å². The topological polar surface area (TPSA) is 82.6 Å². The van der Waals surface area contributed by atoms with Crippen molar-refractivity contribution in [3.63, 3.8) is 0 Å².